The standard InChI is InChI=1S/C12H22N4O2S/c1-9-3-2-4-10(7-9)5-6-15-19(17,18)11-8-14-16-12(11)13/h8-10,15H,2-7H2,1H3,(H3,13,14,16). The van der Waals surface area contributed by atoms with Gasteiger partial charge in [0.2, 0.25) is 10.0 Å². The predicted octanol–water partition coefficient (Wildman–Crippen LogP) is 1.49. The van der Waals surface area contributed by atoms with Gasteiger partial charge in [0.15, 0.2) is 0 Å². The first-order chi connectivity index (χ1) is 8.99. The molecule has 0 saturated heterocycles. The quantitative estimate of drug-likeness (QED) is 0.763. The number of nitrogens with two attached hydrogens (primary N) is 1. The molecule has 0 amide bonds. The van der Waals surface area contributed by atoms with E-state index >= 15 is 0 Å². The molecule has 0 bridgehead atoms. The summed E-state index contributed by atoms with van der Waals surface area (Å²) in [5.74, 6) is 1.48. The summed E-state index contributed by atoms with van der Waals surface area (Å²) < 4.78 is 26.5. The summed E-state index contributed by atoms with van der Waals surface area (Å²) >= 11 is 0. The van der Waals surface area contributed by atoms with Gasteiger partial charge in [-0.2, -0.15) is 5.10 Å². The Morgan fingerprint density at radius 1 is 1.53 bits per heavy atom. The smallest absolute Gasteiger partial charge is 0.245 e. The fraction of sp³-hybridized carbons (Fsp3) is 0.750. The van der Waals surface area contributed by atoms with E-state index in [1.807, 2.05) is 0 Å². The highest BCUT2D eigenvalue weighted by atomic mass is 32.2. The van der Waals surface area contributed by atoms with E-state index in [0.717, 1.165) is 12.3 Å². The maximum Gasteiger partial charge on any atom is 0.245 e. The second kappa shape index (κ2) is 5.92. The lowest BCUT2D eigenvalue weighted by molar-refractivity contribution is 0.271. The number of hydrogen-bond acceptors (Lipinski definition) is 4. The first-order valence-electron chi connectivity index (χ1n) is 6.77. The number of hydrogen-bond donors (Lipinski definition) is 3. The van der Waals surface area contributed by atoms with Crippen LogP contribution in [0.5, 0.6) is 0 Å². The molecule has 2 atom stereocenters. The predicted molar refractivity (Wildman–Crippen MR) is 73.9 cm³/mol. The number of nitrogen functional groups attached to an aromatic ring is 1. The topological polar surface area (TPSA) is 101 Å². The molecule has 7 heteroatoms. The molecular weight excluding hydrogens is 264 g/mol. The molecule has 6 nitrogen and oxygen atoms in total. The summed E-state index contributed by atoms with van der Waals surface area (Å²) in [6.45, 7) is 2.73. The van der Waals surface area contributed by atoms with E-state index in [4.69, 9.17) is 5.73 Å². The van der Waals surface area contributed by atoms with Crippen LogP contribution < -0.4 is 10.5 Å². The lowest BCUT2D eigenvalue weighted by Gasteiger charge is -2.26. The van der Waals surface area contributed by atoms with E-state index in [-0.39, 0.29) is 10.7 Å². The van der Waals surface area contributed by atoms with E-state index in [0.29, 0.717) is 12.5 Å². The molecule has 0 spiro atoms. The van der Waals surface area contributed by atoms with E-state index < -0.39 is 10.0 Å². The fourth-order valence-electron chi connectivity index (χ4n) is 2.80. The Hall–Kier alpha value is -1.08. The third-order valence-corrected chi connectivity index (χ3v) is 5.30. The summed E-state index contributed by atoms with van der Waals surface area (Å²) in [4.78, 5) is 0.0320. The molecule has 1 fully saturated rings. The SMILES string of the molecule is CC1CCCC(CCNS(=O)(=O)c2cn[nH]c2N)C1. The third-order valence-electron chi connectivity index (χ3n) is 3.81. The number of H-pyrrole nitrogens is 1. The summed E-state index contributed by atoms with van der Waals surface area (Å²) in [6, 6.07) is 0. The van der Waals surface area contributed by atoms with Gasteiger partial charge in [-0.15, -0.1) is 0 Å². The molecule has 2 unspecified atom stereocenters. The number of rotatable bonds is 5. The first kappa shape index (κ1) is 14.3. The van der Waals surface area contributed by atoms with Crippen molar-refractivity contribution < 1.29 is 8.42 Å². The van der Waals surface area contributed by atoms with Crippen LogP contribution in [0.1, 0.15) is 39.0 Å². The molecule has 1 saturated carbocycles. The molecule has 1 aliphatic rings. The van der Waals surface area contributed by atoms with Crippen molar-refractivity contribution in [1.29, 1.82) is 0 Å². The number of aromatic amines is 1. The Morgan fingerprint density at radius 3 is 2.95 bits per heavy atom. The maximum atomic E-state index is 12.0. The molecule has 4 N–H and O–H groups in total. The van der Waals surface area contributed by atoms with Crippen molar-refractivity contribution in [3.8, 4) is 0 Å². The van der Waals surface area contributed by atoms with Gasteiger partial charge in [0, 0.05) is 6.54 Å². The molecular formula is C12H22N4O2S. The monoisotopic (exact) mass is 286 g/mol. The van der Waals surface area contributed by atoms with Gasteiger partial charge in [-0.3, -0.25) is 5.10 Å². The molecule has 1 aromatic rings. The van der Waals surface area contributed by atoms with Gasteiger partial charge < -0.3 is 5.73 Å². The van der Waals surface area contributed by atoms with Crippen LogP contribution >= 0.6 is 0 Å². The van der Waals surface area contributed by atoms with Crippen molar-refractivity contribution in [2.45, 2.75) is 43.9 Å². The van der Waals surface area contributed by atoms with E-state index in [1.165, 1.54) is 31.9 Å². The number of sulfonamides is 1. The summed E-state index contributed by atoms with van der Waals surface area (Å²) in [5, 5.41) is 6.06. The van der Waals surface area contributed by atoms with Crippen molar-refractivity contribution >= 4 is 15.8 Å². The second-order valence-corrected chi connectivity index (χ2v) is 7.21. The number of aromatic nitrogens is 2. The first-order valence-corrected chi connectivity index (χ1v) is 8.26. The van der Waals surface area contributed by atoms with Crippen LogP contribution in [0.15, 0.2) is 11.1 Å². The van der Waals surface area contributed by atoms with Crippen LogP contribution in [-0.2, 0) is 10.0 Å². The lowest BCUT2D eigenvalue weighted by Crippen LogP contribution is -2.27. The minimum Gasteiger partial charge on any atom is -0.383 e. The van der Waals surface area contributed by atoms with Crippen molar-refractivity contribution in [1.82, 2.24) is 14.9 Å². The van der Waals surface area contributed by atoms with Gasteiger partial charge in [-0.05, 0) is 24.7 Å². The summed E-state index contributed by atoms with van der Waals surface area (Å²) in [7, 11) is -3.53. The average Bonchev–Trinajstić information content (AvgIpc) is 2.76. The Balaban J connectivity index is 1.84. The van der Waals surface area contributed by atoms with Gasteiger partial charge in [0.25, 0.3) is 0 Å². The van der Waals surface area contributed by atoms with Crippen molar-refractivity contribution in [2.24, 2.45) is 11.8 Å². The molecule has 0 aromatic carbocycles. The summed E-state index contributed by atoms with van der Waals surface area (Å²) in [5.41, 5.74) is 5.52. The molecule has 19 heavy (non-hydrogen) atoms. The van der Waals surface area contributed by atoms with Crippen LogP contribution in [0.3, 0.4) is 0 Å². The largest absolute Gasteiger partial charge is 0.383 e. The highest BCUT2D eigenvalue weighted by Gasteiger charge is 2.21. The van der Waals surface area contributed by atoms with Crippen molar-refractivity contribution in [3.63, 3.8) is 0 Å². The van der Waals surface area contributed by atoms with Crippen LogP contribution in [-0.4, -0.2) is 25.2 Å². The Morgan fingerprint density at radius 2 is 2.32 bits per heavy atom. The molecule has 2 rings (SSSR count). The van der Waals surface area contributed by atoms with E-state index in [1.54, 1.807) is 0 Å². The number of anilines is 1. The van der Waals surface area contributed by atoms with Crippen LogP contribution in [0, 0.1) is 11.8 Å². The number of nitrogens with one attached hydrogen (secondary N) is 2. The number of nitrogens with zero attached hydrogens (tertiary/aromatic N) is 1. The highest BCUT2D eigenvalue weighted by molar-refractivity contribution is 7.89. The van der Waals surface area contributed by atoms with Crippen LogP contribution in [0.2, 0.25) is 0 Å². The Kier molecular flexibility index (Phi) is 4.46. The highest BCUT2D eigenvalue weighted by Crippen LogP contribution is 2.30. The Bertz CT molecular complexity index is 512. The minimum absolute atomic E-state index is 0.0320. The molecule has 108 valence electrons. The van der Waals surface area contributed by atoms with Gasteiger partial charge in [-0.1, -0.05) is 26.2 Å². The van der Waals surface area contributed by atoms with Gasteiger partial charge in [0.1, 0.15) is 10.7 Å². The van der Waals surface area contributed by atoms with Gasteiger partial charge in [-0.25, -0.2) is 13.1 Å². The zero-order valence-electron chi connectivity index (χ0n) is 11.2. The zero-order valence-corrected chi connectivity index (χ0v) is 12.0. The zero-order chi connectivity index (χ0) is 13.9. The molecule has 0 radical (unpaired) electrons. The van der Waals surface area contributed by atoms with Crippen molar-refractivity contribution in [2.75, 3.05) is 12.3 Å². The molecule has 1 aromatic heterocycles. The van der Waals surface area contributed by atoms with Crippen LogP contribution in [0.4, 0.5) is 5.82 Å². The molecule has 0 aliphatic heterocycles. The van der Waals surface area contributed by atoms with E-state index in [2.05, 4.69) is 21.8 Å². The fourth-order valence-corrected chi connectivity index (χ4v) is 3.87. The second-order valence-electron chi connectivity index (χ2n) is 5.47. The van der Waals surface area contributed by atoms with Crippen LogP contribution in [0.25, 0.3) is 0 Å². The van der Waals surface area contributed by atoms with Gasteiger partial charge >= 0.3 is 0 Å². The summed E-state index contributed by atoms with van der Waals surface area (Å²) in [6.07, 6.45) is 7.10. The third kappa shape index (κ3) is 3.70. The maximum absolute atomic E-state index is 12.0. The minimum atomic E-state index is -3.53. The molecule has 1 aliphatic carbocycles. The lowest BCUT2D eigenvalue weighted by atomic mass is 9.81. The van der Waals surface area contributed by atoms with E-state index in [9.17, 15) is 8.42 Å². The molecule has 1 heterocycles. The average molecular weight is 286 g/mol. The normalized spacial score (nSPS) is 24.5. The van der Waals surface area contributed by atoms with Crippen molar-refractivity contribution in [3.05, 3.63) is 6.20 Å². The van der Waals surface area contributed by atoms with Gasteiger partial charge in [0.05, 0.1) is 6.20 Å². The Labute approximate surface area is 114 Å².